The smallest absolute Gasteiger partial charge is 0.164 e. The predicted octanol–water partition coefficient (Wildman–Crippen LogP) is 3.66. The highest BCUT2D eigenvalue weighted by molar-refractivity contribution is 6.30. The van der Waals surface area contributed by atoms with Crippen LogP contribution >= 0.6 is 11.6 Å². The molecule has 0 fully saturated rings. The number of hydrogen-bond acceptors (Lipinski definition) is 3. The average Bonchev–Trinajstić information content (AvgIpc) is 2.93. The lowest BCUT2D eigenvalue weighted by molar-refractivity contribution is 0.271. The zero-order chi connectivity index (χ0) is 16.4. The van der Waals surface area contributed by atoms with E-state index in [1.807, 2.05) is 30.3 Å². The number of hydrogen-bond donors (Lipinski definition) is 0. The molecule has 1 aromatic heterocycles. The lowest BCUT2D eigenvalue weighted by Crippen LogP contribution is -2.26. The van der Waals surface area contributed by atoms with Gasteiger partial charge in [0.2, 0.25) is 0 Å². The molecule has 0 radical (unpaired) electrons. The van der Waals surface area contributed by atoms with Gasteiger partial charge in [-0.05, 0) is 17.7 Å². The summed E-state index contributed by atoms with van der Waals surface area (Å²) >= 11 is 5.97. The van der Waals surface area contributed by atoms with E-state index in [4.69, 9.17) is 11.6 Å². The summed E-state index contributed by atoms with van der Waals surface area (Å²) in [7, 11) is 0. The highest BCUT2D eigenvalue weighted by Gasteiger charge is 2.19. The van der Waals surface area contributed by atoms with Crippen LogP contribution in [0.2, 0.25) is 5.02 Å². The van der Waals surface area contributed by atoms with E-state index in [2.05, 4.69) is 43.9 Å². The van der Waals surface area contributed by atoms with Crippen molar-refractivity contribution in [3.8, 4) is 11.4 Å². The summed E-state index contributed by atoms with van der Waals surface area (Å²) < 4.78 is 2.26. The Kier molecular flexibility index (Phi) is 4.32. The molecule has 4 nitrogen and oxygen atoms in total. The summed E-state index contributed by atoms with van der Waals surface area (Å²) in [5, 5.41) is 9.61. The van der Waals surface area contributed by atoms with Crippen molar-refractivity contribution >= 4 is 11.6 Å². The van der Waals surface area contributed by atoms with E-state index >= 15 is 0 Å². The summed E-state index contributed by atoms with van der Waals surface area (Å²) in [6.07, 6.45) is 0.924. The Morgan fingerprint density at radius 1 is 0.875 bits per heavy atom. The number of rotatable bonds is 3. The van der Waals surface area contributed by atoms with Gasteiger partial charge in [-0.15, -0.1) is 10.2 Å². The van der Waals surface area contributed by atoms with Crippen molar-refractivity contribution in [3.63, 3.8) is 0 Å². The zero-order valence-electron chi connectivity index (χ0n) is 13.4. The van der Waals surface area contributed by atoms with Crippen LogP contribution in [0.1, 0.15) is 11.4 Å². The SMILES string of the molecule is Clc1ccc(CN2CCc3nnc(-c4ccccc4)n3CC2)cc1. The Balaban J connectivity index is 1.50. The fourth-order valence-electron chi connectivity index (χ4n) is 3.17. The molecule has 0 unspecified atom stereocenters. The first-order valence-electron chi connectivity index (χ1n) is 8.24. The number of fused-ring (bicyclic) bond motifs is 1. The van der Waals surface area contributed by atoms with Crippen molar-refractivity contribution < 1.29 is 0 Å². The molecule has 0 bridgehead atoms. The molecule has 0 N–H and O–H groups in total. The van der Waals surface area contributed by atoms with E-state index in [9.17, 15) is 0 Å². The minimum absolute atomic E-state index is 0.785. The second kappa shape index (κ2) is 6.75. The van der Waals surface area contributed by atoms with Crippen LogP contribution in [0.15, 0.2) is 54.6 Å². The van der Waals surface area contributed by atoms with Gasteiger partial charge in [-0.3, -0.25) is 4.90 Å². The highest BCUT2D eigenvalue weighted by Crippen LogP contribution is 2.21. The molecule has 122 valence electrons. The molecule has 0 aliphatic carbocycles. The van der Waals surface area contributed by atoms with Gasteiger partial charge in [-0.1, -0.05) is 54.1 Å². The first-order valence-corrected chi connectivity index (χ1v) is 8.62. The van der Waals surface area contributed by atoms with Crippen molar-refractivity contribution in [3.05, 3.63) is 71.0 Å². The maximum Gasteiger partial charge on any atom is 0.164 e. The molecule has 0 atom stereocenters. The Hall–Kier alpha value is -2.17. The molecular formula is C19H19ClN4. The van der Waals surface area contributed by atoms with Crippen molar-refractivity contribution in [2.24, 2.45) is 0 Å². The van der Waals surface area contributed by atoms with E-state index in [0.29, 0.717) is 0 Å². The second-order valence-electron chi connectivity index (χ2n) is 6.11. The lowest BCUT2D eigenvalue weighted by Gasteiger charge is -2.19. The van der Waals surface area contributed by atoms with Gasteiger partial charge in [0.15, 0.2) is 5.82 Å². The van der Waals surface area contributed by atoms with Crippen LogP contribution in [-0.2, 0) is 19.5 Å². The number of aromatic nitrogens is 3. The quantitative estimate of drug-likeness (QED) is 0.731. The van der Waals surface area contributed by atoms with Crippen LogP contribution in [0.4, 0.5) is 0 Å². The van der Waals surface area contributed by atoms with Crippen LogP contribution in [0.3, 0.4) is 0 Å². The third kappa shape index (κ3) is 3.21. The second-order valence-corrected chi connectivity index (χ2v) is 6.55. The Bertz CT molecular complexity index is 811. The first kappa shape index (κ1) is 15.4. The molecule has 1 aliphatic rings. The van der Waals surface area contributed by atoms with Gasteiger partial charge in [-0.2, -0.15) is 0 Å². The van der Waals surface area contributed by atoms with Crippen LogP contribution < -0.4 is 0 Å². The predicted molar refractivity (Wildman–Crippen MR) is 95.9 cm³/mol. The topological polar surface area (TPSA) is 34.0 Å². The van der Waals surface area contributed by atoms with Crippen LogP contribution in [0.25, 0.3) is 11.4 Å². The van der Waals surface area contributed by atoms with E-state index < -0.39 is 0 Å². The Morgan fingerprint density at radius 2 is 1.67 bits per heavy atom. The Morgan fingerprint density at radius 3 is 2.46 bits per heavy atom. The minimum Gasteiger partial charge on any atom is -0.310 e. The number of benzene rings is 2. The summed E-state index contributed by atoms with van der Waals surface area (Å²) in [6, 6.07) is 18.4. The molecule has 0 saturated carbocycles. The molecule has 3 aromatic rings. The monoisotopic (exact) mass is 338 g/mol. The molecule has 5 heteroatoms. The van der Waals surface area contributed by atoms with Gasteiger partial charge in [0.25, 0.3) is 0 Å². The zero-order valence-corrected chi connectivity index (χ0v) is 14.2. The summed E-state index contributed by atoms with van der Waals surface area (Å²) in [5.41, 5.74) is 2.42. The summed E-state index contributed by atoms with van der Waals surface area (Å²) in [6.45, 7) is 3.85. The number of halogens is 1. The first-order chi connectivity index (χ1) is 11.8. The lowest BCUT2D eigenvalue weighted by atomic mass is 10.2. The van der Waals surface area contributed by atoms with Crippen molar-refractivity contribution in [1.29, 1.82) is 0 Å². The molecule has 2 aromatic carbocycles. The molecule has 24 heavy (non-hydrogen) atoms. The van der Waals surface area contributed by atoms with Crippen molar-refractivity contribution in [2.45, 2.75) is 19.5 Å². The van der Waals surface area contributed by atoms with Crippen molar-refractivity contribution in [1.82, 2.24) is 19.7 Å². The molecule has 0 amide bonds. The van der Waals surface area contributed by atoms with Crippen LogP contribution in [0.5, 0.6) is 0 Å². The van der Waals surface area contributed by atoms with Crippen LogP contribution in [-0.4, -0.2) is 32.8 Å². The largest absolute Gasteiger partial charge is 0.310 e. The van der Waals surface area contributed by atoms with E-state index in [1.54, 1.807) is 0 Å². The molecular weight excluding hydrogens is 320 g/mol. The Labute approximate surface area is 146 Å². The molecule has 4 rings (SSSR count). The normalized spacial score (nSPS) is 15.0. The molecule has 2 heterocycles. The van der Waals surface area contributed by atoms with E-state index in [-0.39, 0.29) is 0 Å². The summed E-state index contributed by atoms with van der Waals surface area (Å²) in [4.78, 5) is 2.46. The fraction of sp³-hybridized carbons (Fsp3) is 0.263. The molecule has 1 aliphatic heterocycles. The van der Waals surface area contributed by atoms with Gasteiger partial charge >= 0.3 is 0 Å². The average molecular weight is 339 g/mol. The molecule has 0 saturated heterocycles. The molecule has 0 spiro atoms. The fourth-order valence-corrected chi connectivity index (χ4v) is 3.30. The van der Waals surface area contributed by atoms with E-state index in [0.717, 1.165) is 54.8 Å². The van der Waals surface area contributed by atoms with Gasteiger partial charge in [0.1, 0.15) is 5.82 Å². The number of nitrogens with zero attached hydrogens (tertiary/aromatic N) is 4. The minimum atomic E-state index is 0.785. The van der Waals surface area contributed by atoms with Gasteiger partial charge in [0, 0.05) is 43.2 Å². The van der Waals surface area contributed by atoms with Gasteiger partial charge < -0.3 is 4.57 Å². The van der Waals surface area contributed by atoms with Gasteiger partial charge in [0.05, 0.1) is 0 Å². The van der Waals surface area contributed by atoms with Gasteiger partial charge in [-0.25, -0.2) is 0 Å². The van der Waals surface area contributed by atoms with E-state index in [1.165, 1.54) is 5.56 Å². The highest BCUT2D eigenvalue weighted by atomic mass is 35.5. The maximum atomic E-state index is 5.97. The summed E-state index contributed by atoms with van der Waals surface area (Å²) in [5.74, 6) is 2.05. The van der Waals surface area contributed by atoms with Crippen LogP contribution in [0, 0.1) is 0 Å². The third-order valence-electron chi connectivity index (χ3n) is 4.47. The standard InChI is InChI=1S/C19H19ClN4/c20-17-8-6-15(7-9-17)14-23-11-10-18-21-22-19(24(18)13-12-23)16-4-2-1-3-5-16/h1-9H,10-14H2. The third-order valence-corrected chi connectivity index (χ3v) is 4.72. The van der Waals surface area contributed by atoms with Crippen molar-refractivity contribution in [2.75, 3.05) is 13.1 Å². The maximum absolute atomic E-state index is 5.97.